The number of hydrogen-bond donors (Lipinski definition) is 0. The van der Waals surface area contributed by atoms with Crippen molar-refractivity contribution in [1.82, 2.24) is 14.8 Å². The number of ether oxygens (including phenoxy) is 1. The molecular formula is C17H12BrN3O2. The average molecular weight is 370 g/mol. The molecule has 23 heavy (non-hydrogen) atoms. The highest BCUT2D eigenvalue weighted by atomic mass is 79.9. The SMILES string of the molecule is O=C(C=Cc1cnn(-c2ccccc2)c1)Oc1cccnc1Br. The topological polar surface area (TPSA) is 57.0 Å². The molecule has 0 fully saturated rings. The number of hydrogen-bond acceptors (Lipinski definition) is 4. The van der Waals surface area contributed by atoms with E-state index in [9.17, 15) is 4.79 Å². The highest BCUT2D eigenvalue weighted by molar-refractivity contribution is 9.10. The van der Waals surface area contributed by atoms with Gasteiger partial charge in [0.2, 0.25) is 0 Å². The number of halogens is 1. The lowest BCUT2D eigenvalue weighted by Gasteiger charge is -2.01. The van der Waals surface area contributed by atoms with Crippen LogP contribution in [-0.4, -0.2) is 20.7 Å². The van der Waals surface area contributed by atoms with E-state index in [1.165, 1.54) is 6.08 Å². The Morgan fingerprint density at radius 3 is 2.78 bits per heavy atom. The van der Waals surface area contributed by atoms with Crippen molar-refractivity contribution in [2.45, 2.75) is 0 Å². The number of aromatic nitrogens is 3. The lowest BCUT2D eigenvalue weighted by molar-refractivity contribution is -0.128. The van der Waals surface area contributed by atoms with Crippen LogP contribution in [0.5, 0.6) is 5.75 Å². The van der Waals surface area contributed by atoms with E-state index in [4.69, 9.17) is 4.74 Å². The second kappa shape index (κ2) is 7.02. The van der Waals surface area contributed by atoms with Crippen LogP contribution in [0, 0.1) is 0 Å². The minimum atomic E-state index is -0.480. The molecule has 0 saturated carbocycles. The molecule has 0 bridgehead atoms. The molecule has 0 saturated heterocycles. The standard InChI is InChI=1S/C17H12BrN3O2/c18-17-15(7-4-10-19-17)23-16(22)9-8-13-11-20-21(12-13)14-5-2-1-3-6-14/h1-12H. The third-order valence-corrected chi connectivity index (χ3v) is 3.57. The van der Waals surface area contributed by atoms with Crippen LogP contribution in [0.4, 0.5) is 0 Å². The highest BCUT2D eigenvalue weighted by Crippen LogP contribution is 2.21. The number of carbonyl (C=O) groups is 1. The third-order valence-electron chi connectivity index (χ3n) is 2.97. The summed E-state index contributed by atoms with van der Waals surface area (Å²) in [6.45, 7) is 0. The van der Waals surface area contributed by atoms with Gasteiger partial charge in [-0.15, -0.1) is 0 Å². The summed E-state index contributed by atoms with van der Waals surface area (Å²) in [4.78, 5) is 15.8. The maximum absolute atomic E-state index is 11.8. The van der Waals surface area contributed by atoms with Gasteiger partial charge in [0.1, 0.15) is 4.60 Å². The Kier molecular flexibility index (Phi) is 4.63. The summed E-state index contributed by atoms with van der Waals surface area (Å²) in [6.07, 6.45) is 8.12. The minimum absolute atomic E-state index is 0.377. The van der Waals surface area contributed by atoms with Crippen molar-refractivity contribution in [2.24, 2.45) is 0 Å². The maximum atomic E-state index is 11.8. The molecule has 0 aliphatic heterocycles. The van der Waals surface area contributed by atoms with Crippen LogP contribution < -0.4 is 4.74 Å². The van der Waals surface area contributed by atoms with Gasteiger partial charge in [-0.25, -0.2) is 14.5 Å². The number of para-hydroxylation sites is 1. The zero-order valence-electron chi connectivity index (χ0n) is 12.0. The number of esters is 1. The Bertz CT molecular complexity index is 844. The Labute approximate surface area is 141 Å². The predicted molar refractivity (Wildman–Crippen MR) is 90.2 cm³/mol. The molecular weight excluding hydrogens is 358 g/mol. The van der Waals surface area contributed by atoms with Crippen LogP contribution in [-0.2, 0) is 4.79 Å². The summed E-state index contributed by atoms with van der Waals surface area (Å²) in [5.41, 5.74) is 1.75. The third kappa shape index (κ3) is 3.92. The Morgan fingerprint density at radius 2 is 2.00 bits per heavy atom. The molecule has 114 valence electrons. The van der Waals surface area contributed by atoms with Crippen LogP contribution in [0.3, 0.4) is 0 Å². The number of pyridine rings is 1. The van der Waals surface area contributed by atoms with Crippen LogP contribution in [0.25, 0.3) is 11.8 Å². The molecule has 0 spiro atoms. The minimum Gasteiger partial charge on any atom is -0.420 e. The van der Waals surface area contributed by atoms with Gasteiger partial charge >= 0.3 is 5.97 Å². The van der Waals surface area contributed by atoms with E-state index in [2.05, 4.69) is 26.0 Å². The first kappa shape index (κ1) is 15.2. The second-order valence-electron chi connectivity index (χ2n) is 4.60. The van der Waals surface area contributed by atoms with Crippen molar-refractivity contribution in [3.05, 3.63) is 77.3 Å². The van der Waals surface area contributed by atoms with Crippen LogP contribution in [0.15, 0.2) is 71.7 Å². The van der Waals surface area contributed by atoms with Gasteiger partial charge in [-0.1, -0.05) is 18.2 Å². The van der Waals surface area contributed by atoms with Crippen molar-refractivity contribution in [1.29, 1.82) is 0 Å². The first-order valence-electron chi connectivity index (χ1n) is 6.83. The summed E-state index contributed by atoms with van der Waals surface area (Å²) in [6, 6.07) is 13.1. The van der Waals surface area contributed by atoms with Gasteiger partial charge in [-0.05, 0) is 46.3 Å². The summed E-state index contributed by atoms with van der Waals surface area (Å²) in [5.74, 6) is -0.103. The van der Waals surface area contributed by atoms with Gasteiger partial charge in [-0.2, -0.15) is 5.10 Å². The fraction of sp³-hybridized carbons (Fsp3) is 0. The zero-order valence-corrected chi connectivity index (χ0v) is 13.6. The van der Waals surface area contributed by atoms with Crippen molar-refractivity contribution in [3.63, 3.8) is 0 Å². The van der Waals surface area contributed by atoms with Gasteiger partial charge in [-0.3, -0.25) is 0 Å². The van der Waals surface area contributed by atoms with Gasteiger partial charge < -0.3 is 4.74 Å². The molecule has 0 atom stereocenters. The zero-order chi connectivity index (χ0) is 16.1. The fourth-order valence-corrected chi connectivity index (χ4v) is 2.23. The molecule has 3 aromatic rings. The number of rotatable bonds is 4. The number of benzene rings is 1. The van der Waals surface area contributed by atoms with Crippen molar-refractivity contribution in [3.8, 4) is 11.4 Å². The molecule has 5 nitrogen and oxygen atoms in total. The second-order valence-corrected chi connectivity index (χ2v) is 5.35. The van der Waals surface area contributed by atoms with Gasteiger partial charge in [0.25, 0.3) is 0 Å². The molecule has 0 radical (unpaired) electrons. The number of nitrogens with zero attached hydrogens (tertiary/aromatic N) is 3. The van der Waals surface area contributed by atoms with E-state index in [0.29, 0.717) is 10.4 Å². The van der Waals surface area contributed by atoms with Gasteiger partial charge in [0, 0.05) is 24.0 Å². The van der Waals surface area contributed by atoms with Gasteiger partial charge in [0.15, 0.2) is 5.75 Å². The molecule has 0 unspecified atom stereocenters. The summed E-state index contributed by atoms with van der Waals surface area (Å²) in [5, 5.41) is 4.26. The average Bonchev–Trinajstić information content (AvgIpc) is 3.05. The Balaban J connectivity index is 1.68. The van der Waals surface area contributed by atoms with E-state index in [1.54, 1.807) is 35.3 Å². The molecule has 0 aliphatic rings. The lowest BCUT2D eigenvalue weighted by atomic mass is 10.3. The molecule has 0 N–H and O–H groups in total. The van der Waals surface area contributed by atoms with E-state index < -0.39 is 5.97 Å². The smallest absolute Gasteiger partial charge is 0.336 e. The monoisotopic (exact) mass is 369 g/mol. The fourth-order valence-electron chi connectivity index (χ4n) is 1.90. The summed E-state index contributed by atoms with van der Waals surface area (Å²) in [7, 11) is 0. The Morgan fingerprint density at radius 1 is 1.17 bits per heavy atom. The molecule has 2 aromatic heterocycles. The van der Waals surface area contributed by atoms with Gasteiger partial charge in [0.05, 0.1) is 11.9 Å². The number of carbonyl (C=O) groups excluding carboxylic acids is 1. The van der Waals surface area contributed by atoms with Crippen molar-refractivity contribution < 1.29 is 9.53 Å². The molecule has 3 rings (SSSR count). The normalized spacial score (nSPS) is 10.8. The molecule has 1 aromatic carbocycles. The Hall–Kier alpha value is -2.73. The molecule has 6 heteroatoms. The summed E-state index contributed by atoms with van der Waals surface area (Å²) < 4.78 is 7.42. The largest absolute Gasteiger partial charge is 0.420 e. The highest BCUT2D eigenvalue weighted by Gasteiger charge is 2.05. The molecule has 0 aliphatic carbocycles. The van der Waals surface area contributed by atoms with Crippen LogP contribution >= 0.6 is 15.9 Å². The first-order chi connectivity index (χ1) is 11.2. The lowest BCUT2D eigenvalue weighted by Crippen LogP contribution is -2.04. The van der Waals surface area contributed by atoms with E-state index in [1.807, 2.05) is 36.5 Å². The van der Waals surface area contributed by atoms with Crippen LogP contribution in [0.2, 0.25) is 0 Å². The van der Waals surface area contributed by atoms with E-state index in [-0.39, 0.29) is 0 Å². The molecule has 0 amide bonds. The molecule has 2 heterocycles. The van der Waals surface area contributed by atoms with Crippen molar-refractivity contribution in [2.75, 3.05) is 0 Å². The quantitative estimate of drug-likeness (QED) is 0.400. The summed E-state index contributed by atoms with van der Waals surface area (Å²) >= 11 is 3.22. The maximum Gasteiger partial charge on any atom is 0.336 e. The van der Waals surface area contributed by atoms with E-state index in [0.717, 1.165) is 11.3 Å². The van der Waals surface area contributed by atoms with Crippen LogP contribution in [0.1, 0.15) is 5.56 Å². The first-order valence-corrected chi connectivity index (χ1v) is 7.62. The predicted octanol–water partition coefficient (Wildman–Crippen LogP) is 3.65. The van der Waals surface area contributed by atoms with Crippen molar-refractivity contribution >= 4 is 28.0 Å². The van der Waals surface area contributed by atoms with E-state index >= 15 is 0 Å².